The number of aryl methyl sites for hydroxylation is 2. The molecule has 1 aromatic carbocycles. The van der Waals surface area contributed by atoms with Gasteiger partial charge in [0, 0.05) is 25.7 Å². The Balaban J connectivity index is 1.59. The largest absolute Gasteiger partial charge is 0.373 e. The Hall–Kier alpha value is -3.26. The molecule has 0 saturated carbocycles. The highest BCUT2D eigenvalue weighted by atomic mass is 16.5. The summed E-state index contributed by atoms with van der Waals surface area (Å²) < 4.78 is 5.38. The lowest BCUT2D eigenvalue weighted by atomic mass is 10.0. The van der Waals surface area contributed by atoms with Crippen LogP contribution in [0, 0.1) is 13.8 Å². The van der Waals surface area contributed by atoms with E-state index < -0.39 is 0 Å². The molecule has 2 N–H and O–H groups in total. The maximum atomic E-state index is 13.3. The van der Waals surface area contributed by atoms with E-state index in [1.807, 2.05) is 44.3 Å². The monoisotopic (exact) mass is 420 g/mol. The zero-order valence-electron chi connectivity index (χ0n) is 18.4. The maximum absolute atomic E-state index is 13.3. The van der Waals surface area contributed by atoms with Crippen LogP contribution < -0.4 is 10.6 Å². The summed E-state index contributed by atoms with van der Waals surface area (Å²) in [5.74, 6) is 1.86. The molecule has 8 nitrogen and oxygen atoms in total. The predicted molar refractivity (Wildman–Crippen MR) is 119 cm³/mol. The van der Waals surface area contributed by atoms with Crippen LogP contribution in [0.2, 0.25) is 0 Å². The fourth-order valence-electron chi connectivity index (χ4n) is 3.83. The molecule has 4 rings (SSSR count). The topological polar surface area (TPSA) is 96.2 Å². The first kappa shape index (κ1) is 21.0. The number of anilines is 1. The van der Waals surface area contributed by atoms with E-state index in [1.54, 1.807) is 18.9 Å². The van der Waals surface area contributed by atoms with E-state index >= 15 is 0 Å². The van der Waals surface area contributed by atoms with Gasteiger partial charge in [-0.3, -0.25) is 4.79 Å². The minimum Gasteiger partial charge on any atom is -0.373 e. The molecule has 0 aliphatic carbocycles. The minimum absolute atomic E-state index is 0.153. The molecule has 2 aromatic heterocycles. The molecule has 1 aliphatic heterocycles. The van der Waals surface area contributed by atoms with Crippen LogP contribution in [0.3, 0.4) is 0 Å². The van der Waals surface area contributed by atoms with Crippen molar-refractivity contribution in [3.63, 3.8) is 0 Å². The fourth-order valence-corrected chi connectivity index (χ4v) is 3.83. The van der Waals surface area contributed by atoms with Gasteiger partial charge in [0.05, 0.1) is 18.3 Å². The molecule has 0 unspecified atom stereocenters. The van der Waals surface area contributed by atoms with Crippen LogP contribution in [0.25, 0.3) is 11.3 Å². The third-order valence-electron chi connectivity index (χ3n) is 5.57. The van der Waals surface area contributed by atoms with Gasteiger partial charge in [-0.15, -0.1) is 0 Å². The molecule has 8 heteroatoms. The molecule has 1 fully saturated rings. The standard InChI is InChI=1S/C23H28N6O2/c1-14-7-9-16(10-8-14)21-20(15(2)31-28-21)23(30)29(4)13-17-12-19(24-3)27-22(26-17)18-6-5-11-25-18/h7-10,12,18,25H,5-6,11,13H2,1-4H3,(H,24,26,27)/t18-/m0/s1. The summed E-state index contributed by atoms with van der Waals surface area (Å²) in [6.07, 6.45) is 2.13. The molecule has 0 radical (unpaired) electrons. The highest BCUT2D eigenvalue weighted by Crippen LogP contribution is 2.27. The van der Waals surface area contributed by atoms with Crippen LogP contribution in [0.15, 0.2) is 34.9 Å². The lowest BCUT2D eigenvalue weighted by molar-refractivity contribution is 0.0782. The summed E-state index contributed by atoms with van der Waals surface area (Å²) in [4.78, 5) is 24.3. The Bertz CT molecular complexity index is 1070. The SMILES string of the molecule is CNc1cc(CN(C)C(=O)c2c(-c3ccc(C)cc3)noc2C)nc([C@@H]2CCCN2)n1. The lowest BCUT2D eigenvalue weighted by Gasteiger charge is -2.19. The van der Waals surface area contributed by atoms with E-state index in [0.717, 1.165) is 47.8 Å². The second-order valence-corrected chi connectivity index (χ2v) is 7.99. The number of nitrogens with one attached hydrogen (secondary N) is 2. The van der Waals surface area contributed by atoms with Crippen LogP contribution in [0.5, 0.6) is 0 Å². The van der Waals surface area contributed by atoms with Crippen LogP contribution in [-0.4, -0.2) is 46.6 Å². The Morgan fingerprint density at radius 2 is 2.03 bits per heavy atom. The number of rotatable bonds is 6. The first-order valence-corrected chi connectivity index (χ1v) is 10.5. The Morgan fingerprint density at radius 1 is 1.26 bits per heavy atom. The summed E-state index contributed by atoms with van der Waals surface area (Å²) in [6, 6.07) is 9.93. The van der Waals surface area contributed by atoms with E-state index in [1.165, 1.54) is 0 Å². The van der Waals surface area contributed by atoms with Gasteiger partial charge in [0.25, 0.3) is 5.91 Å². The van der Waals surface area contributed by atoms with Crippen LogP contribution in [0.1, 0.15) is 52.1 Å². The summed E-state index contributed by atoms with van der Waals surface area (Å²) >= 11 is 0. The maximum Gasteiger partial charge on any atom is 0.259 e. The van der Waals surface area contributed by atoms with Gasteiger partial charge < -0.3 is 20.1 Å². The van der Waals surface area contributed by atoms with Crippen molar-refractivity contribution in [2.75, 3.05) is 26.0 Å². The smallest absolute Gasteiger partial charge is 0.259 e. The second kappa shape index (κ2) is 8.85. The first-order chi connectivity index (χ1) is 15.0. The van der Waals surface area contributed by atoms with Gasteiger partial charge >= 0.3 is 0 Å². The fraction of sp³-hybridized carbons (Fsp3) is 0.391. The van der Waals surface area contributed by atoms with Crippen LogP contribution in [-0.2, 0) is 6.54 Å². The zero-order chi connectivity index (χ0) is 22.0. The molecule has 3 heterocycles. The molecular weight excluding hydrogens is 392 g/mol. The lowest BCUT2D eigenvalue weighted by Crippen LogP contribution is -2.28. The zero-order valence-corrected chi connectivity index (χ0v) is 18.4. The van der Waals surface area contributed by atoms with E-state index in [0.29, 0.717) is 23.6 Å². The van der Waals surface area contributed by atoms with Crippen molar-refractivity contribution in [1.29, 1.82) is 0 Å². The van der Waals surface area contributed by atoms with Crippen molar-refractivity contribution in [3.05, 3.63) is 58.7 Å². The van der Waals surface area contributed by atoms with Gasteiger partial charge in [-0.2, -0.15) is 0 Å². The molecule has 1 amide bonds. The molecular formula is C23H28N6O2. The number of aromatic nitrogens is 3. The number of benzene rings is 1. The average molecular weight is 421 g/mol. The van der Waals surface area contributed by atoms with Gasteiger partial charge in [-0.1, -0.05) is 35.0 Å². The summed E-state index contributed by atoms with van der Waals surface area (Å²) in [5.41, 5.74) is 3.82. The number of carbonyl (C=O) groups is 1. The van der Waals surface area contributed by atoms with Crippen molar-refractivity contribution in [2.24, 2.45) is 0 Å². The van der Waals surface area contributed by atoms with Gasteiger partial charge in [0.2, 0.25) is 0 Å². The molecule has 162 valence electrons. The third-order valence-corrected chi connectivity index (χ3v) is 5.57. The Kier molecular flexibility index (Phi) is 5.99. The molecule has 0 bridgehead atoms. The molecule has 0 spiro atoms. The van der Waals surface area contributed by atoms with Crippen molar-refractivity contribution in [2.45, 2.75) is 39.3 Å². The van der Waals surface area contributed by atoms with Crippen molar-refractivity contribution in [3.8, 4) is 11.3 Å². The van der Waals surface area contributed by atoms with Gasteiger partial charge in [0.15, 0.2) is 0 Å². The summed E-state index contributed by atoms with van der Waals surface area (Å²) in [6.45, 7) is 5.11. The van der Waals surface area contributed by atoms with Crippen molar-refractivity contribution < 1.29 is 9.32 Å². The quantitative estimate of drug-likeness (QED) is 0.630. The van der Waals surface area contributed by atoms with E-state index in [2.05, 4.69) is 20.8 Å². The van der Waals surface area contributed by atoms with Gasteiger partial charge in [-0.25, -0.2) is 9.97 Å². The van der Waals surface area contributed by atoms with Crippen LogP contribution in [0.4, 0.5) is 5.82 Å². The van der Waals surface area contributed by atoms with E-state index in [-0.39, 0.29) is 11.9 Å². The highest BCUT2D eigenvalue weighted by Gasteiger charge is 2.26. The summed E-state index contributed by atoms with van der Waals surface area (Å²) in [5, 5.41) is 10.7. The van der Waals surface area contributed by atoms with Crippen molar-refractivity contribution in [1.82, 2.24) is 25.3 Å². The van der Waals surface area contributed by atoms with E-state index in [4.69, 9.17) is 9.51 Å². The van der Waals surface area contributed by atoms with E-state index in [9.17, 15) is 4.79 Å². The molecule has 1 saturated heterocycles. The predicted octanol–water partition coefficient (Wildman–Crippen LogP) is 3.49. The number of amides is 1. The summed E-state index contributed by atoms with van der Waals surface area (Å²) in [7, 11) is 3.60. The number of hydrogen-bond acceptors (Lipinski definition) is 7. The number of carbonyl (C=O) groups excluding carboxylic acids is 1. The number of hydrogen-bond donors (Lipinski definition) is 2. The molecule has 1 atom stereocenters. The first-order valence-electron chi connectivity index (χ1n) is 10.5. The molecule has 31 heavy (non-hydrogen) atoms. The van der Waals surface area contributed by atoms with Crippen molar-refractivity contribution >= 4 is 11.7 Å². The Labute approximate surface area is 182 Å². The normalized spacial score (nSPS) is 15.8. The van der Waals surface area contributed by atoms with Gasteiger partial charge in [0.1, 0.15) is 28.7 Å². The number of nitrogens with zero attached hydrogens (tertiary/aromatic N) is 4. The molecule has 3 aromatic rings. The van der Waals surface area contributed by atoms with Crippen LogP contribution >= 0.6 is 0 Å². The highest BCUT2D eigenvalue weighted by molar-refractivity contribution is 6.00. The third kappa shape index (κ3) is 4.44. The second-order valence-electron chi connectivity index (χ2n) is 7.99. The minimum atomic E-state index is -0.153. The van der Waals surface area contributed by atoms with Gasteiger partial charge in [-0.05, 0) is 33.2 Å². The average Bonchev–Trinajstić information content (AvgIpc) is 3.43. The molecule has 1 aliphatic rings. The Morgan fingerprint density at radius 3 is 2.71 bits per heavy atom.